The summed E-state index contributed by atoms with van der Waals surface area (Å²) < 4.78 is 0. The van der Waals surface area contributed by atoms with Gasteiger partial charge in [-0.1, -0.05) is 6.07 Å². The second-order valence-electron chi connectivity index (χ2n) is 5.38. The zero-order valence-electron chi connectivity index (χ0n) is 11.7. The molecule has 0 saturated heterocycles. The average molecular weight is 280 g/mol. The fourth-order valence-corrected chi connectivity index (χ4v) is 3.12. The fourth-order valence-electron chi connectivity index (χ4n) is 2.49. The molecular weight excluding hydrogens is 256 g/mol. The number of nitrogens with one attached hydrogen (secondary N) is 1. The van der Waals surface area contributed by atoms with Gasteiger partial charge in [0.05, 0.1) is 6.61 Å². The van der Waals surface area contributed by atoms with Gasteiger partial charge in [0.2, 0.25) is 0 Å². The van der Waals surface area contributed by atoms with Crippen LogP contribution in [0.4, 0.5) is 0 Å². The van der Waals surface area contributed by atoms with Crippen LogP contribution in [0.3, 0.4) is 0 Å². The lowest BCUT2D eigenvalue weighted by Crippen LogP contribution is -2.45. The standard InChI is InChI=1S/C15H24N2OS/c1-11(15(10-18)19-2)17-14(12-6-7-12)9-13-5-3-4-8-16-13/h3-5,8,11-12,14-15,17-18H,6-7,9-10H2,1-2H3. The third-order valence-electron chi connectivity index (χ3n) is 3.86. The maximum absolute atomic E-state index is 9.38. The van der Waals surface area contributed by atoms with Crippen molar-refractivity contribution < 1.29 is 5.11 Å². The Balaban J connectivity index is 1.93. The molecule has 0 spiro atoms. The van der Waals surface area contributed by atoms with Crippen LogP contribution in [0.2, 0.25) is 0 Å². The van der Waals surface area contributed by atoms with E-state index in [9.17, 15) is 5.11 Å². The zero-order chi connectivity index (χ0) is 13.7. The molecule has 1 fully saturated rings. The van der Waals surface area contributed by atoms with Crippen molar-refractivity contribution in [1.82, 2.24) is 10.3 Å². The minimum atomic E-state index is 0.232. The molecule has 1 aliphatic carbocycles. The fraction of sp³-hybridized carbons (Fsp3) is 0.667. The van der Waals surface area contributed by atoms with E-state index in [1.165, 1.54) is 12.8 Å². The first kappa shape index (κ1) is 14.8. The van der Waals surface area contributed by atoms with Gasteiger partial charge in [-0.2, -0.15) is 11.8 Å². The minimum absolute atomic E-state index is 0.232. The van der Waals surface area contributed by atoms with E-state index in [2.05, 4.69) is 29.5 Å². The Labute approximate surface area is 120 Å². The van der Waals surface area contributed by atoms with Crippen LogP contribution in [0.1, 0.15) is 25.5 Å². The first-order valence-corrected chi connectivity index (χ1v) is 8.33. The predicted molar refractivity (Wildman–Crippen MR) is 81.4 cm³/mol. The summed E-state index contributed by atoms with van der Waals surface area (Å²) in [4.78, 5) is 4.43. The SMILES string of the molecule is CSC(CO)C(C)NC(Cc1ccccn1)C1CC1. The normalized spacial score (nSPS) is 19.9. The predicted octanol–water partition coefficient (Wildman–Crippen LogP) is 2.10. The minimum Gasteiger partial charge on any atom is -0.395 e. The van der Waals surface area contributed by atoms with Crippen LogP contribution in [0, 0.1) is 5.92 Å². The van der Waals surface area contributed by atoms with E-state index in [0.717, 1.165) is 18.0 Å². The molecule has 1 aliphatic rings. The van der Waals surface area contributed by atoms with Gasteiger partial charge in [-0.3, -0.25) is 4.98 Å². The Bertz CT molecular complexity index is 366. The highest BCUT2D eigenvalue weighted by Crippen LogP contribution is 2.34. The van der Waals surface area contributed by atoms with Crippen molar-refractivity contribution in [3.05, 3.63) is 30.1 Å². The van der Waals surface area contributed by atoms with Crippen molar-refractivity contribution in [2.24, 2.45) is 5.92 Å². The van der Waals surface area contributed by atoms with E-state index in [1.807, 2.05) is 18.3 Å². The van der Waals surface area contributed by atoms with Gasteiger partial charge in [-0.25, -0.2) is 0 Å². The van der Waals surface area contributed by atoms with Crippen LogP contribution in [0.25, 0.3) is 0 Å². The summed E-state index contributed by atoms with van der Waals surface area (Å²) in [5.41, 5.74) is 1.16. The van der Waals surface area contributed by atoms with Gasteiger partial charge in [0.15, 0.2) is 0 Å². The monoisotopic (exact) mass is 280 g/mol. The molecule has 0 amide bonds. The number of thioether (sulfide) groups is 1. The molecule has 3 unspecified atom stereocenters. The summed E-state index contributed by atoms with van der Waals surface area (Å²) in [6, 6.07) is 6.93. The van der Waals surface area contributed by atoms with Gasteiger partial charge >= 0.3 is 0 Å². The molecule has 106 valence electrons. The lowest BCUT2D eigenvalue weighted by Gasteiger charge is -2.27. The van der Waals surface area contributed by atoms with Crippen molar-refractivity contribution in [2.75, 3.05) is 12.9 Å². The molecular formula is C15H24N2OS. The van der Waals surface area contributed by atoms with E-state index in [-0.39, 0.29) is 11.9 Å². The average Bonchev–Trinajstić information content (AvgIpc) is 3.25. The van der Waals surface area contributed by atoms with Gasteiger partial charge in [0.1, 0.15) is 0 Å². The number of rotatable bonds is 8. The Morgan fingerprint density at radius 1 is 1.47 bits per heavy atom. The van der Waals surface area contributed by atoms with Crippen molar-refractivity contribution in [3.63, 3.8) is 0 Å². The zero-order valence-corrected chi connectivity index (χ0v) is 12.6. The number of hydrogen-bond acceptors (Lipinski definition) is 4. The van der Waals surface area contributed by atoms with E-state index in [0.29, 0.717) is 12.1 Å². The number of hydrogen-bond donors (Lipinski definition) is 2. The van der Waals surface area contributed by atoms with Crippen molar-refractivity contribution >= 4 is 11.8 Å². The number of pyridine rings is 1. The number of nitrogens with zero attached hydrogens (tertiary/aromatic N) is 1. The molecule has 0 bridgehead atoms. The Hall–Kier alpha value is -0.580. The maximum Gasteiger partial charge on any atom is 0.0564 e. The highest BCUT2D eigenvalue weighted by atomic mass is 32.2. The van der Waals surface area contributed by atoms with Gasteiger partial charge < -0.3 is 10.4 Å². The highest BCUT2D eigenvalue weighted by Gasteiger charge is 2.33. The summed E-state index contributed by atoms with van der Waals surface area (Å²) in [5, 5.41) is 13.4. The van der Waals surface area contributed by atoms with E-state index in [1.54, 1.807) is 11.8 Å². The molecule has 3 atom stereocenters. The molecule has 0 aromatic carbocycles. The molecule has 3 nitrogen and oxygen atoms in total. The second kappa shape index (κ2) is 7.27. The van der Waals surface area contributed by atoms with Crippen LogP contribution >= 0.6 is 11.8 Å². The van der Waals surface area contributed by atoms with Crippen LogP contribution in [0.5, 0.6) is 0 Å². The summed E-state index contributed by atoms with van der Waals surface area (Å²) in [5.74, 6) is 0.783. The number of aliphatic hydroxyl groups excluding tert-OH is 1. The second-order valence-corrected chi connectivity index (χ2v) is 6.46. The lowest BCUT2D eigenvalue weighted by atomic mass is 10.0. The molecule has 1 aromatic rings. The smallest absolute Gasteiger partial charge is 0.0564 e. The van der Waals surface area contributed by atoms with E-state index in [4.69, 9.17) is 0 Å². The topological polar surface area (TPSA) is 45.1 Å². The molecule has 0 radical (unpaired) electrons. The molecule has 19 heavy (non-hydrogen) atoms. The van der Waals surface area contributed by atoms with E-state index >= 15 is 0 Å². The van der Waals surface area contributed by atoms with Gasteiger partial charge in [-0.15, -0.1) is 0 Å². The molecule has 4 heteroatoms. The summed E-state index contributed by atoms with van der Waals surface area (Å²) in [6.45, 7) is 2.40. The number of aliphatic hydroxyl groups is 1. The Kier molecular flexibility index (Phi) is 5.67. The van der Waals surface area contributed by atoms with Crippen LogP contribution in [-0.2, 0) is 6.42 Å². The summed E-state index contributed by atoms with van der Waals surface area (Å²) >= 11 is 1.73. The molecule has 0 aliphatic heterocycles. The van der Waals surface area contributed by atoms with E-state index < -0.39 is 0 Å². The quantitative estimate of drug-likeness (QED) is 0.765. The van der Waals surface area contributed by atoms with Crippen LogP contribution in [-0.4, -0.2) is 40.3 Å². The summed E-state index contributed by atoms with van der Waals surface area (Å²) in [7, 11) is 0. The van der Waals surface area contributed by atoms with Gasteiger partial charge in [0.25, 0.3) is 0 Å². The molecule has 1 saturated carbocycles. The molecule has 1 aromatic heterocycles. The van der Waals surface area contributed by atoms with Crippen molar-refractivity contribution in [3.8, 4) is 0 Å². The summed E-state index contributed by atoms with van der Waals surface area (Å²) in [6.07, 6.45) is 7.55. The Morgan fingerprint density at radius 3 is 2.79 bits per heavy atom. The molecule has 1 heterocycles. The Morgan fingerprint density at radius 2 is 2.26 bits per heavy atom. The largest absolute Gasteiger partial charge is 0.395 e. The number of aromatic nitrogens is 1. The van der Waals surface area contributed by atoms with Gasteiger partial charge in [0, 0.05) is 35.6 Å². The van der Waals surface area contributed by atoms with Crippen LogP contribution in [0.15, 0.2) is 24.4 Å². The van der Waals surface area contributed by atoms with Crippen LogP contribution < -0.4 is 5.32 Å². The molecule has 2 N–H and O–H groups in total. The molecule has 2 rings (SSSR count). The van der Waals surface area contributed by atoms with Gasteiger partial charge in [-0.05, 0) is 44.1 Å². The lowest BCUT2D eigenvalue weighted by molar-refractivity contribution is 0.266. The first-order valence-electron chi connectivity index (χ1n) is 7.04. The first-order chi connectivity index (χ1) is 9.24. The third kappa shape index (κ3) is 4.48. The maximum atomic E-state index is 9.38. The van der Waals surface area contributed by atoms with Crippen molar-refractivity contribution in [1.29, 1.82) is 0 Å². The third-order valence-corrected chi connectivity index (χ3v) is 5.03. The van der Waals surface area contributed by atoms with Crippen molar-refractivity contribution in [2.45, 2.75) is 43.5 Å². The highest BCUT2D eigenvalue weighted by molar-refractivity contribution is 7.99.